The number of hydrogen-bond donors (Lipinski definition) is 3. The SMILES string of the molecule is Cc1csc(NC(=O)CSc2nnc(N/N=C/c3ccccc3F)n2N)n1. The largest absolute Gasteiger partial charge is 0.334 e. The number of thiazole rings is 1. The van der Waals surface area contributed by atoms with E-state index in [4.69, 9.17) is 5.84 Å². The zero-order valence-electron chi connectivity index (χ0n) is 14.1. The number of nitrogens with one attached hydrogen (secondary N) is 2. The van der Waals surface area contributed by atoms with Crippen molar-refractivity contribution in [2.75, 3.05) is 22.3 Å². The van der Waals surface area contributed by atoms with Crippen molar-refractivity contribution in [2.24, 2.45) is 5.10 Å². The Hall–Kier alpha value is -2.99. The lowest BCUT2D eigenvalue weighted by Gasteiger charge is -2.03. The number of rotatable bonds is 7. The Morgan fingerprint density at radius 3 is 3.00 bits per heavy atom. The molecule has 0 unspecified atom stereocenters. The maximum absolute atomic E-state index is 13.5. The molecule has 3 rings (SSSR count). The summed E-state index contributed by atoms with van der Waals surface area (Å²) in [4.78, 5) is 16.1. The Balaban J connectivity index is 1.53. The molecule has 12 heteroatoms. The Labute approximate surface area is 161 Å². The number of nitrogens with two attached hydrogens (primary N) is 1. The number of aromatic nitrogens is 4. The van der Waals surface area contributed by atoms with Gasteiger partial charge in [0, 0.05) is 10.9 Å². The number of benzene rings is 1. The van der Waals surface area contributed by atoms with Crippen LogP contribution < -0.4 is 16.6 Å². The van der Waals surface area contributed by atoms with Gasteiger partial charge in [0.15, 0.2) is 5.13 Å². The number of carbonyl (C=O) groups is 1. The average molecular weight is 406 g/mol. The molecule has 27 heavy (non-hydrogen) atoms. The molecule has 0 aliphatic heterocycles. The lowest BCUT2D eigenvalue weighted by molar-refractivity contribution is -0.113. The van der Waals surface area contributed by atoms with Gasteiger partial charge in [-0.05, 0) is 13.0 Å². The van der Waals surface area contributed by atoms with Crippen LogP contribution in [0.4, 0.5) is 15.5 Å². The smallest absolute Gasteiger partial charge is 0.264 e. The van der Waals surface area contributed by atoms with Gasteiger partial charge in [-0.2, -0.15) is 5.10 Å². The van der Waals surface area contributed by atoms with E-state index < -0.39 is 5.82 Å². The van der Waals surface area contributed by atoms with Gasteiger partial charge in [-0.25, -0.2) is 19.5 Å². The lowest BCUT2D eigenvalue weighted by Crippen LogP contribution is -2.16. The normalized spacial score (nSPS) is 11.0. The molecule has 0 saturated carbocycles. The molecule has 2 aromatic heterocycles. The molecule has 140 valence electrons. The Morgan fingerprint density at radius 2 is 2.26 bits per heavy atom. The third kappa shape index (κ3) is 5.01. The van der Waals surface area contributed by atoms with Gasteiger partial charge in [0.1, 0.15) is 5.82 Å². The highest BCUT2D eigenvalue weighted by atomic mass is 32.2. The number of hydrogen-bond acceptors (Lipinski definition) is 9. The molecule has 2 heterocycles. The zero-order chi connectivity index (χ0) is 19.2. The summed E-state index contributed by atoms with van der Waals surface area (Å²) in [6, 6.07) is 6.20. The molecule has 0 atom stereocenters. The molecular formula is C15H15FN8OS2. The quantitative estimate of drug-likeness (QED) is 0.237. The molecule has 0 spiro atoms. The van der Waals surface area contributed by atoms with Gasteiger partial charge in [-0.1, -0.05) is 30.0 Å². The van der Waals surface area contributed by atoms with Crippen LogP contribution >= 0.6 is 23.1 Å². The fourth-order valence-electron chi connectivity index (χ4n) is 1.89. The molecular weight excluding hydrogens is 391 g/mol. The van der Waals surface area contributed by atoms with Gasteiger partial charge >= 0.3 is 0 Å². The van der Waals surface area contributed by atoms with Crippen LogP contribution in [0.1, 0.15) is 11.3 Å². The minimum atomic E-state index is -0.394. The third-order valence-electron chi connectivity index (χ3n) is 3.14. The maximum atomic E-state index is 13.5. The third-order valence-corrected chi connectivity index (χ3v) is 4.95. The van der Waals surface area contributed by atoms with E-state index in [-0.39, 0.29) is 17.6 Å². The first-order valence-electron chi connectivity index (χ1n) is 7.62. The van der Waals surface area contributed by atoms with Crippen molar-refractivity contribution in [3.63, 3.8) is 0 Å². The summed E-state index contributed by atoms with van der Waals surface area (Å²) in [5.41, 5.74) is 3.74. The van der Waals surface area contributed by atoms with Crippen LogP contribution in [0.2, 0.25) is 0 Å². The van der Waals surface area contributed by atoms with E-state index in [1.54, 1.807) is 18.2 Å². The fraction of sp³-hybridized carbons (Fsp3) is 0.133. The highest BCUT2D eigenvalue weighted by Gasteiger charge is 2.13. The molecule has 0 fully saturated rings. The number of halogens is 1. The van der Waals surface area contributed by atoms with E-state index in [0.717, 1.165) is 22.1 Å². The Kier molecular flexibility index (Phi) is 5.98. The Morgan fingerprint density at radius 1 is 1.44 bits per heavy atom. The monoisotopic (exact) mass is 406 g/mol. The summed E-state index contributed by atoms with van der Waals surface area (Å²) in [5, 5.41) is 17.0. The number of amides is 1. The Bertz CT molecular complexity index is 970. The number of anilines is 2. The second-order valence-corrected chi connectivity index (χ2v) is 7.00. The second-order valence-electron chi connectivity index (χ2n) is 5.20. The first-order chi connectivity index (χ1) is 13.0. The van der Waals surface area contributed by atoms with Crippen molar-refractivity contribution in [3.8, 4) is 0 Å². The first kappa shape index (κ1) is 18.8. The van der Waals surface area contributed by atoms with Crippen molar-refractivity contribution in [1.82, 2.24) is 19.9 Å². The van der Waals surface area contributed by atoms with Gasteiger partial charge in [0.2, 0.25) is 11.1 Å². The zero-order valence-corrected chi connectivity index (χ0v) is 15.7. The lowest BCUT2D eigenvalue weighted by atomic mass is 10.2. The standard InChI is InChI=1S/C15H15FN8OS2/c1-9-7-26-14(19-9)20-12(25)8-27-15-23-22-13(24(15)17)21-18-6-10-4-2-3-5-11(10)16/h2-7H,8,17H2,1H3,(H,21,22)(H,19,20,25)/b18-6+. The maximum Gasteiger partial charge on any atom is 0.264 e. The number of aryl methyl sites for hydroxylation is 1. The van der Waals surface area contributed by atoms with Crippen LogP contribution in [-0.4, -0.2) is 37.7 Å². The van der Waals surface area contributed by atoms with E-state index in [1.807, 2.05) is 12.3 Å². The molecule has 0 saturated heterocycles. The summed E-state index contributed by atoms with van der Waals surface area (Å²) in [6.45, 7) is 1.85. The highest BCUT2D eigenvalue weighted by Crippen LogP contribution is 2.18. The predicted octanol–water partition coefficient (Wildman–Crippen LogP) is 2.07. The molecule has 4 N–H and O–H groups in total. The summed E-state index contributed by atoms with van der Waals surface area (Å²) >= 11 is 2.46. The van der Waals surface area contributed by atoms with Crippen LogP contribution in [0, 0.1) is 12.7 Å². The predicted molar refractivity (Wildman–Crippen MR) is 104 cm³/mol. The topological polar surface area (TPSA) is 123 Å². The van der Waals surface area contributed by atoms with Crippen LogP contribution in [0.3, 0.4) is 0 Å². The summed E-state index contributed by atoms with van der Waals surface area (Å²) < 4.78 is 14.7. The minimum absolute atomic E-state index is 0.0897. The summed E-state index contributed by atoms with van der Waals surface area (Å²) in [7, 11) is 0. The van der Waals surface area contributed by atoms with Gasteiger partial charge < -0.3 is 11.2 Å². The van der Waals surface area contributed by atoms with E-state index in [2.05, 4.69) is 31.0 Å². The number of carbonyl (C=O) groups excluding carboxylic acids is 1. The van der Waals surface area contributed by atoms with E-state index in [9.17, 15) is 9.18 Å². The second kappa shape index (κ2) is 8.60. The van der Waals surface area contributed by atoms with E-state index >= 15 is 0 Å². The van der Waals surface area contributed by atoms with E-state index in [0.29, 0.717) is 15.9 Å². The van der Waals surface area contributed by atoms with Crippen LogP contribution in [0.15, 0.2) is 39.9 Å². The number of nitrogens with zero attached hydrogens (tertiary/aromatic N) is 5. The molecule has 0 radical (unpaired) electrons. The molecule has 0 aliphatic carbocycles. The van der Waals surface area contributed by atoms with Gasteiger partial charge in [0.05, 0.1) is 17.7 Å². The molecule has 0 aliphatic rings. The molecule has 1 amide bonds. The average Bonchev–Trinajstić information content (AvgIpc) is 3.21. The number of hydrazone groups is 1. The first-order valence-corrected chi connectivity index (χ1v) is 9.48. The fourth-order valence-corrected chi connectivity index (χ4v) is 3.25. The summed E-state index contributed by atoms with van der Waals surface area (Å²) in [6.07, 6.45) is 1.31. The van der Waals surface area contributed by atoms with Crippen molar-refractivity contribution >= 4 is 46.3 Å². The van der Waals surface area contributed by atoms with Gasteiger partial charge in [0.25, 0.3) is 5.95 Å². The molecule has 3 aromatic rings. The van der Waals surface area contributed by atoms with Crippen molar-refractivity contribution in [2.45, 2.75) is 12.1 Å². The van der Waals surface area contributed by atoms with Crippen molar-refractivity contribution in [1.29, 1.82) is 0 Å². The highest BCUT2D eigenvalue weighted by molar-refractivity contribution is 7.99. The molecule has 9 nitrogen and oxygen atoms in total. The molecule has 1 aromatic carbocycles. The van der Waals surface area contributed by atoms with Crippen molar-refractivity contribution in [3.05, 3.63) is 46.7 Å². The van der Waals surface area contributed by atoms with Crippen molar-refractivity contribution < 1.29 is 9.18 Å². The van der Waals surface area contributed by atoms with Crippen LogP contribution in [0.5, 0.6) is 0 Å². The van der Waals surface area contributed by atoms with Gasteiger partial charge in [-0.3, -0.25) is 4.79 Å². The number of nitrogen functional groups attached to an aromatic ring is 1. The van der Waals surface area contributed by atoms with Gasteiger partial charge in [-0.15, -0.1) is 21.5 Å². The van der Waals surface area contributed by atoms with Crippen LogP contribution in [0.25, 0.3) is 0 Å². The van der Waals surface area contributed by atoms with Crippen LogP contribution in [-0.2, 0) is 4.79 Å². The minimum Gasteiger partial charge on any atom is -0.334 e. The summed E-state index contributed by atoms with van der Waals surface area (Å²) in [5.74, 6) is 5.49. The number of thioether (sulfide) groups is 1. The molecule has 0 bridgehead atoms. The van der Waals surface area contributed by atoms with E-state index in [1.165, 1.54) is 23.6 Å².